The second-order valence-electron chi connectivity index (χ2n) is 3.65. The Bertz CT molecular complexity index is 273. The molecule has 0 amide bonds. The normalized spacial score (nSPS) is 12.5. The second-order valence-corrected chi connectivity index (χ2v) is 6.05. The van der Waals surface area contributed by atoms with Crippen LogP contribution in [-0.4, -0.2) is 6.16 Å². The minimum atomic E-state index is -0.806. The molecule has 1 aromatic rings. The Morgan fingerprint density at radius 1 is 1.20 bits per heavy atom. The zero-order chi connectivity index (χ0) is 11.1. The summed E-state index contributed by atoms with van der Waals surface area (Å²) in [6.45, 7) is 4.26. The maximum atomic E-state index is 6.13. The van der Waals surface area contributed by atoms with Crippen LogP contribution in [0.2, 0.25) is 0 Å². The molecule has 0 aromatic heterocycles. The van der Waals surface area contributed by atoms with Crippen molar-refractivity contribution in [2.75, 3.05) is 6.16 Å². The van der Waals surface area contributed by atoms with Crippen molar-refractivity contribution in [2.24, 2.45) is 0 Å². The summed E-state index contributed by atoms with van der Waals surface area (Å²) in [4.78, 5) is 0. The van der Waals surface area contributed by atoms with Crippen molar-refractivity contribution in [1.82, 2.24) is 0 Å². The first-order valence-electron chi connectivity index (χ1n) is 5.40. The first-order valence-corrected chi connectivity index (χ1v) is 7.75. The fraction of sp³-hybridized carbons (Fsp3) is 0.500. The van der Waals surface area contributed by atoms with E-state index in [9.17, 15) is 0 Å². The van der Waals surface area contributed by atoms with Gasteiger partial charge in [0.15, 0.2) is 7.50 Å². The number of hydrogen-bond acceptors (Lipinski definition) is 1. The third-order valence-corrected chi connectivity index (χ3v) is 3.95. The molecule has 0 spiro atoms. The van der Waals surface area contributed by atoms with Crippen LogP contribution in [0.3, 0.4) is 0 Å². The standard InChI is InChI=1S/C12H18ClOP/c1-3-4-5-10-15(13)14-12-8-6-11(2)7-9-12/h6-9H,3-5,10H2,1-2H3. The lowest BCUT2D eigenvalue weighted by atomic mass is 10.2. The minimum Gasteiger partial charge on any atom is -0.458 e. The van der Waals surface area contributed by atoms with E-state index in [0.717, 1.165) is 18.3 Å². The molecule has 1 aromatic carbocycles. The van der Waals surface area contributed by atoms with Crippen LogP contribution < -0.4 is 4.52 Å². The molecule has 1 nitrogen and oxygen atoms in total. The monoisotopic (exact) mass is 244 g/mol. The summed E-state index contributed by atoms with van der Waals surface area (Å²) in [6.07, 6.45) is 4.61. The molecular formula is C12H18ClOP. The summed E-state index contributed by atoms with van der Waals surface area (Å²) in [5, 5.41) is 0. The maximum absolute atomic E-state index is 6.13. The second kappa shape index (κ2) is 7.09. The van der Waals surface area contributed by atoms with E-state index < -0.39 is 7.50 Å². The average Bonchev–Trinajstić information content (AvgIpc) is 2.22. The van der Waals surface area contributed by atoms with Gasteiger partial charge >= 0.3 is 0 Å². The average molecular weight is 245 g/mol. The molecule has 3 heteroatoms. The van der Waals surface area contributed by atoms with E-state index in [-0.39, 0.29) is 0 Å². The van der Waals surface area contributed by atoms with Gasteiger partial charge in [0.05, 0.1) is 0 Å². The summed E-state index contributed by atoms with van der Waals surface area (Å²) in [5.74, 6) is 0.887. The van der Waals surface area contributed by atoms with Gasteiger partial charge in [0.2, 0.25) is 0 Å². The number of aryl methyl sites for hydroxylation is 1. The van der Waals surface area contributed by atoms with Crippen molar-refractivity contribution < 1.29 is 4.52 Å². The van der Waals surface area contributed by atoms with Crippen LogP contribution in [0, 0.1) is 6.92 Å². The zero-order valence-corrected chi connectivity index (χ0v) is 11.0. The van der Waals surface area contributed by atoms with Gasteiger partial charge in [-0.15, -0.1) is 0 Å². The predicted octanol–water partition coefficient (Wildman–Crippen LogP) is 5.11. The van der Waals surface area contributed by atoms with E-state index in [1.165, 1.54) is 18.4 Å². The van der Waals surface area contributed by atoms with Gasteiger partial charge in [-0.1, -0.05) is 37.5 Å². The van der Waals surface area contributed by atoms with Gasteiger partial charge in [0, 0.05) is 6.16 Å². The van der Waals surface area contributed by atoms with Crippen molar-refractivity contribution in [3.63, 3.8) is 0 Å². The van der Waals surface area contributed by atoms with Crippen LogP contribution in [0.4, 0.5) is 0 Å². The van der Waals surface area contributed by atoms with E-state index in [1.54, 1.807) is 0 Å². The molecule has 1 atom stereocenters. The Morgan fingerprint density at radius 2 is 1.87 bits per heavy atom. The molecule has 0 fully saturated rings. The highest BCUT2D eigenvalue weighted by Crippen LogP contribution is 2.43. The number of rotatable bonds is 6. The van der Waals surface area contributed by atoms with Crippen LogP contribution in [0.25, 0.3) is 0 Å². The molecule has 0 saturated carbocycles. The summed E-state index contributed by atoms with van der Waals surface area (Å²) >= 11 is 6.13. The fourth-order valence-electron chi connectivity index (χ4n) is 1.25. The van der Waals surface area contributed by atoms with E-state index >= 15 is 0 Å². The molecule has 15 heavy (non-hydrogen) atoms. The van der Waals surface area contributed by atoms with Crippen LogP contribution in [0.15, 0.2) is 24.3 Å². The molecule has 0 radical (unpaired) electrons. The van der Waals surface area contributed by atoms with E-state index in [0.29, 0.717) is 0 Å². The number of benzene rings is 1. The zero-order valence-electron chi connectivity index (χ0n) is 9.37. The third-order valence-electron chi connectivity index (χ3n) is 2.16. The Labute approximate surface area is 98.4 Å². The summed E-state index contributed by atoms with van der Waals surface area (Å²) < 4.78 is 5.65. The van der Waals surface area contributed by atoms with Crippen molar-refractivity contribution in [3.05, 3.63) is 29.8 Å². The molecule has 84 valence electrons. The summed E-state index contributed by atoms with van der Waals surface area (Å²) in [6, 6.07) is 8.04. The molecule has 0 aliphatic rings. The Morgan fingerprint density at radius 3 is 2.47 bits per heavy atom. The maximum Gasteiger partial charge on any atom is 0.182 e. The highest BCUT2D eigenvalue weighted by Gasteiger charge is 2.06. The van der Waals surface area contributed by atoms with Gasteiger partial charge in [-0.2, -0.15) is 0 Å². The van der Waals surface area contributed by atoms with Gasteiger partial charge in [0.1, 0.15) is 5.75 Å². The van der Waals surface area contributed by atoms with Crippen molar-refractivity contribution in [2.45, 2.75) is 33.1 Å². The van der Waals surface area contributed by atoms with Crippen LogP contribution in [0.1, 0.15) is 31.7 Å². The Kier molecular flexibility index (Phi) is 6.05. The lowest BCUT2D eigenvalue weighted by molar-refractivity contribution is 0.619. The van der Waals surface area contributed by atoms with E-state index in [4.69, 9.17) is 15.8 Å². The van der Waals surface area contributed by atoms with Crippen molar-refractivity contribution >= 4 is 18.7 Å². The fourth-order valence-corrected chi connectivity index (χ4v) is 2.76. The third kappa shape index (κ3) is 5.39. The highest BCUT2D eigenvalue weighted by atomic mass is 35.7. The van der Waals surface area contributed by atoms with Gasteiger partial charge in [0.25, 0.3) is 0 Å². The molecule has 0 aliphatic carbocycles. The van der Waals surface area contributed by atoms with Gasteiger partial charge in [-0.25, -0.2) is 0 Å². The topological polar surface area (TPSA) is 9.23 Å². The molecule has 0 bridgehead atoms. The quantitative estimate of drug-likeness (QED) is 0.499. The van der Waals surface area contributed by atoms with Crippen molar-refractivity contribution in [3.8, 4) is 5.75 Å². The lowest BCUT2D eigenvalue weighted by Gasteiger charge is -2.11. The van der Waals surface area contributed by atoms with Gasteiger partial charge < -0.3 is 4.52 Å². The molecule has 0 aliphatic heterocycles. The molecule has 1 rings (SSSR count). The predicted molar refractivity (Wildman–Crippen MR) is 69.0 cm³/mol. The van der Waals surface area contributed by atoms with Crippen LogP contribution in [-0.2, 0) is 0 Å². The number of unbranched alkanes of at least 4 members (excludes halogenated alkanes) is 2. The van der Waals surface area contributed by atoms with Gasteiger partial charge in [-0.3, -0.25) is 0 Å². The van der Waals surface area contributed by atoms with Gasteiger partial charge in [-0.05, 0) is 36.7 Å². The van der Waals surface area contributed by atoms with Crippen LogP contribution in [0.5, 0.6) is 5.75 Å². The number of halogens is 1. The van der Waals surface area contributed by atoms with E-state index in [2.05, 4.69) is 13.8 Å². The smallest absolute Gasteiger partial charge is 0.182 e. The summed E-state index contributed by atoms with van der Waals surface area (Å²) in [5.41, 5.74) is 1.24. The molecule has 0 heterocycles. The first kappa shape index (κ1) is 12.8. The Balaban J connectivity index is 2.31. The molecule has 0 saturated heterocycles. The number of hydrogen-bond donors (Lipinski definition) is 0. The molecular weight excluding hydrogens is 227 g/mol. The van der Waals surface area contributed by atoms with Crippen molar-refractivity contribution in [1.29, 1.82) is 0 Å². The molecule has 0 N–H and O–H groups in total. The largest absolute Gasteiger partial charge is 0.458 e. The lowest BCUT2D eigenvalue weighted by Crippen LogP contribution is -1.88. The highest BCUT2D eigenvalue weighted by molar-refractivity contribution is 7.80. The molecule has 1 unspecified atom stereocenters. The SMILES string of the molecule is CCCCCP(Cl)Oc1ccc(C)cc1. The first-order chi connectivity index (χ1) is 7.22. The Hall–Kier alpha value is -0.260. The van der Waals surface area contributed by atoms with E-state index in [1.807, 2.05) is 24.3 Å². The minimum absolute atomic E-state index is 0.806. The van der Waals surface area contributed by atoms with Crippen LogP contribution >= 0.6 is 18.7 Å². The summed E-state index contributed by atoms with van der Waals surface area (Å²) in [7, 11) is -0.806.